The first-order chi connectivity index (χ1) is 12.9. The highest BCUT2D eigenvalue weighted by atomic mass is 14.3. The van der Waals surface area contributed by atoms with Crippen molar-refractivity contribution >= 4 is 0 Å². The van der Waals surface area contributed by atoms with Crippen LogP contribution in [0, 0.1) is 6.07 Å². The summed E-state index contributed by atoms with van der Waals surface area (Å²) in [5.41, 5.74) is 12.4. The molecule has 0 saturated heterocycles. The molecule has 0 unspecified atom stereocenters. The molecule has 0 atom stereocenters. The van der Waals surface area contributed by atoms with E-state index in [4.69, 9.17) is 0 Å². The number of benzene rings is 4. The molecule has 121 valence electrons. The van der Waals surface area contributed by atoms with Crippen LogP contribution < -0.4 is 0 Å². The monoisotopic (exact) mass is 329 g/mol. The summed E-state index contributed by atoms with van der Waals surface area (Å²) in [4.78, 5) is 0. The summed E-state index contributed by atoms with van der Waals surface area (Å²) in [7, 11) is 0. The first-order valence-corrected chi connectivity index (χ1v) is 9.21. The van der Waals surface area contributed by atoms with Crippen LogP contribution in [0.25, 0.3) is 22.3 Å². The number of fused-ring (bicyclic) bond motifs is 6. The average molecular weight is 329 g/mol. The highest BCUT2D eigenvalue weighted by Gasteiger charge is 2.30. The van der Waals surface area contributed by atoms with E-state index in [-0.39, 0.29) is 5.92 Å². The van der Waals surface area contributed by atoms with Gasteiger partial charge in [0.05, 0.1) is 0 Å². The number of hydrogen-bond donors (Lipinski definition) is 0. The molecule has 2 aliphatic carbocycles. The molecule has 2 aliphatic rings. The Hall–Kier alpha value is -3.12. The van der Waals surface area contributed by atoms with E-state index in [0.717, 1.165) is 6.42 Å². The van der Waals surface area contributed by atoms with Crippen LogP contribution in [0.5, 0.6) is 0 Å². The van der Waals surface area contributed by atoms with Gasteiger partial charge < -0.3 is 0 Å². The van der Waals surface area contributed by atoms with Crippen LogP contribution in [-0.2, 0) is 6.42 Å². The van der Waals surface area contributed by atoms with Gasteiger partial charge in [-0.2, -0.15) is 0 Å². The Morgan fingerprint density at radius 3 is 1.96 bits per heavy atom. The second kappa shape index (κ2) is 5.19. The molecule has 0 spiro atoms. The minimum atomic E-state index is 0.288. The SMILES string of the molecule is [c]1cc2c(cc1C1c3ccccc3-c3ccccc31)Cc1ccccc1-2. The van der Waals surface area contributed by atoms with E-state index < -0.39 is 0 Å². The Morgan fingerprint density at radius 2 is 1.23 bits per heavy atom. The zero-order chi connectivity index (χ0) is 17.1. The quantitative estimate of drug-likeness (QED) is 0.336. The average Bonchev–Trinajstić information content (AvgIpc) is 3.23. The van der Waals surface area contributed by atoms with Crippen molar-refractivity contribution in [1.29, 1.82) is 0 Å². The summed E-state index contributed by atoms with van der Waals surface area (Å²) in [6.45, 7) is 0. The topological polar surface area (TPSA) is 0 Å². The molecule has 4 aromatic carbocycles. The molecule has 1 radical (unpaired) electrons. The van der Waals surface area contributed by atoms with E-state index in [0.29, 0.717) is 0 Å². The Bertz CT molecular complexity index is 1120. The van der Waals surface area contributed by atoms with Gasteiger partial charge in [0, 0.05) is 5.92 Å². The highest BCUT2D eigenvalue weighted by Crippen LogP contribution is 2.48. The Kier molecular flexibility index (Phi) is 2.81. The molecule has 0 fully saturated rings. The van der Waals surface area contributed by atoms with Gasteiger partial charge in [0.15, 0.2) is 0 Å². The van der Waals surface area contributed by atoms with Crippen LogP contribution in [0.4, 0.5) is 0 Å². The van der Waals surface area contributed by atoms with Crippen molar-refractivity contribution in [1.82, 2.24) is 0 Å². The zero-order valence-electron chi connectivity index (χ0n) is 14.4. The van der Waals surface area contributed by atoms with Crippen LogP contribution in [0.3, 0.4) is 0 Å². The molecule has 0 heterocycles. The fourth-order valence-electron chi connectivity index (χ4n) is 4.75. The van der Waals surface area contributed by atoms with Crippen LogP contribution in [0.1, 0.15) is 33.7 Å². The molecule has 4 aromatic rings. The Labute approximate surface area is 153 Å². The van der Waals surface area contributed by atoms with Gasteiger partial charge in [0.2, 0.25) is 0 Å². The highest BCUT2D eigenvalue weighted by molar-refractivity contribution is 5.82. The van der Waals surface area contributed by atoms with E-state index in [2.05, 4.69) is 91.0 Å². The maximum atomic E-state index is 3.63. The second-order valence-corrected chi connectivity index (χ2v) is 7.27. The van der Waals surface area contributed by atoms with Gasteiger partial charge in [-0.25, -0.2) is 0 Å². The standard InChI is InChI=1S/C26H17/c1-2-8-20-17(7-1)15-19-16-18(13-14-21(19)20)26-24-11-5-3-9-22(24)23-10-4-6-12-25(23)26/h1-12,14,16,26H,15H2. The molecule has 0 saturated carbocycles. The Morgan fingerprint density at radius 1 is 0.615 bits per heavy atom. The second-order valence-electron chi connectivity index (χ2n) is 7.27. The van der Waals surface area contributed by atoms with E-state index in [1.54, 1.807) is 0 Å². The molecule has 0 aliphatic heterocycles. The summed E-state index contributed by atoms with van der Waals surface area (Å²) in [5.74, 6) is 0.288. The van der Waals surface area contributed by atoms with Gasteiger partial charge in [0.1, 0.15) is 0 Å². The van der Waals surface area contributed by atoms with Gasteiger partial charge in [-0.15, -0.1) is 0 Å². The summed E-state index contributed by atoms with van der Waals surface area (Å²) < 4.78 is 0. The lowest BCUT2D eigenvalue weighted by atomic mass is 9.87. The summed E-state index contributed by atoms with van der Waals surface area (Å²) in [6.07, 6.45) is 1.03. The third-order valence-corrected chi connectivity index (χ3v) is 5.89. The van der Waals surface area contributed by atoms with Crippen molar-refractivity contribution in [3.8, 4) is 22.3 Å². The van der Waals surface area contributed by atoms with Crippen molar-refractivity contribution in [3.05, 3.63) is 119 Å². The molecule has 0 N–H and O–H groups in total. The van der Waals surface area contributed by atoms with Gasteiger partial charge >= 0.3 is 0 Å². The fraction of sp³-hybridized carbons (Fsp3) is 0.0769. The van der Waals surface area contributed by atoms with Crippen molar-refractivity contribution in [2.45, 2.75) is 12.3 Å². The number of rotatable bonds is 1. The van der Waals surface area contributed by atoms with Gasteiger partial charge in [-0.3, -0.25) is 0 Å². The van der Waals surface area contributed by atoms with Crippen LogP contribution in [0.15, 0.2) is 84.9 Å². The molecule has 0 amide bonds. The zero-order valence-corrected chi connectivity index (χ0v) is 14.4. The van der Waals surface area contributed by atoms with Crippen LogP contribution in [0.2, 0.25) is 0 Å². The molecule has 0 aromatic heterocycles. The van der Waals surface area contributed by atoms with E-state index in [1.165, 1.54) is 50.1 Å². The van der Waals surface area contributed by atoms with Crippen molar-refractivity contribution < 1.29 is 0 Å². The van der Waals surface area contributed by atoms with E-state index in [9.17, 15) is 0 Å². The van der Waals surface area contributed by atoms with E-state index in [1.807, 2.05) is 0 Å². The predicted octanol–water partition coefficient (Wildman–Crippen LogP) is 6.22. The molecule has 6 rings (SSSR count). The largest absolute Gasteiger partial charge is 0.0619 e. The summed E-state index contributed by atoms with van der Waals surface area (Å²) in [5, 5.41) is 0. The summed E-state index contributed by atoms with van der Waals surface area (Å²) in [6, 6.07) is 34.6. The molecular formula is C26H17. The molecule has 0 bridgehead atoms. The summed E-state index contributed by atoms with van der Waals surface area (Å²) >= 11 is 0. The Balaban J connectivity index is 1.54. The third-order valence-electron chi connectivity index (χ3n) is 5.89. The molecule has 0 nitrogen and oxygen atoms in total. The van der Waals surface area contributed by atoms with Gasteiger partial charge in [0.25, 0.3) is 0 Å². The first kappa shape index (κ1) is 14.1. The smallest absolute Gasteiger partial charge is 0.0358 e. The van der Waals surface area contributed by atoms with Crippen LogP contribution >= 0.6 is 0 Å². The molecular weight excluding hydrogens is 312 g/mol. The van der Waals surface area contributed by atoms with Gasteiger partial charge in [-0.05, 0) is 68.6 Å². The minimum Gasteiger partial charge on any atom is -0.0619 e. The number of hydrogen-bond acceptors (Lipinski definition) is 0. The van der Waals surface area contributed by atoms with Gasteiger partial charge in [-0.1, -0.05) is 78.9 Å². The predicted molar refractivity (Wildman–Crippen MR) is 106 cm³/mol. The first-order valence-electron chi connectivity index (χ1n) is 9.21. The normalized spacial score (nSPS) is 13.8. The van der Waals surface area contributed by atoms with Crippen LogP contribution in [-0.4, -0.2) is 0 Å². The van der Waals surface area contributed by atoms with Crippen molar-refractivity contribution in [2.24, 2.45) is 0 Å². The van der Waals surface area contributed by atoms with Crippen molar-refractivity contribution in [3.63, 3.8) is 0 Å². The lowest BCUT2D eigenvalue weighted by Crippen LogP contribution is -2.00. The lowest BCUT2D eigenvalue weighted by molar-refractivity contribution is 1.01. The molecule has 26 heavy (non-hydrogen) atoms. The maximum absolute atomic E-state index is 3.63. The van der Waals surface area contributed by atoms with E-state index >= 15 is 0 Å². The minimum absolute atomic E-state index is 0.288. The van der Waals surface area contributed by atoms with Crippen molar-refractivity contribution in [2.75, 3.05) is 0 Å². The fourth-order valence-corrected chi connectivity index (χ4v) is 4.75. The third kappa shape index (κ3) is 1.84. The maximum Gasteiger partial charge on any atom is 0.0358 e. The lowest BCUT2D eigenvalue weighted by Gasteiger charge is -2.15. The molecule has 0 heteroatoms.